The highest BCUT2D eigenvalue weighted by Gasteiger charge is 2.27. The summed E-state index contributed by atoms with van der Waals surface area (Å²) in [5, 5.41) is 2.85. The smallest absolute Gasteiger partial charge is 0.270 e. The fourth-order valence-electron chi connectivity index (χ4n) is 2.07. The number of thioether (sulfide) groups is 1. The maximum Gasteiger partial charge on any atom is 0.270 e. The number of H-pyrrole nitrogens is 1. The lowest BCUT2D eigenvalue weighted by Gasteiger charge is -2.24. The number of hydrogen-bond acceptors (Lipinski definition) is 4. The Bertz CT molecular complexity index is 535. The minimum Gasteiger partial charge on any atom is -0.351 e. The number of amides is 1. The molecule has 0 radical (unpaired) electrons. The summed E-state index contributed by atoms with van der Waals surface area (Å²) in [6.07, 6.45) is 3.11. The van der Waals surface area contributed by atoms with Crippen molar-refractivity contribution >= 4 is 17.7 Å². The molecule has 2 N–H and O–H groups in total. The average Bonchev–Trinajstić information content (AvgIpc) is 3.15. The van der Waals surface area contributed by atoms with Gasteiger partial charge in [0, 0.05) is 18.5 Å². The fraction of sp³-hybridized carbons (Fsp3) is 0.615. The van der Waals surface area contributed by atoms with Crippen molar-refractivity contribution in [2.24, 2.45) is 5.92 Å². The van der Waals surface area contributed by atoms with Crippen LogP contribution in [0.3, 0.4) is 0 Å². The van der Waals surface area contributed by atoms with Gasteiger partial charge in [-0.25, -0.2) is 4.98 Å². The molecule has 6 heteroatoms. The Morgan fingerprint density at radius 1 is 1.47 bits per heavy atom. The third-order valence-corrected chi connectivity index (χ3v) is 4.92. The van der Waals surface area contributed by atoms with Gasteiger partial charge >= 0.3 is 0 Å². The third kappa shape index (κ3) is 3.18. The first-order chi connectivity index (χ1) is 9.22. The van der Waals surface area contributed by atoms with Crippen LogP contribution in [0, 0.1) is 5.92 Å². The highest BCUT2D eigenvalue weighted by molar-refractivity contribution is 8.00. The Labute approximate surface area is 115 Å². The predicted molar refractivity (Wildman–Crippen MR) is 74.6 cm³/mol. The van der Waals surface area contributed by atoms with Crippen molar-refractivity contribution in [3.8, 4) is 0 Å². The molecule has 1 aliphatic carbocycles. The van der Waals surface area contributed by atoms with E-state index in [0.29, 0.717) is 18.3 Å². The summed E-state index contributed by atoms with van der Waals surface area (Å²) in [4.78, 5) is 30.4. The van der Waals surface area contributed by atoms with Crippen molar-refractivity contribution in [2.45, 2.75) is 25.2 Å². The van der Waals surface area contributed by atoms with Gasteiger partial charge in [0.1, 0.15) is 11.5 Å². The van der Waals surface area contributed by atoms with E-state index in [1.165, 1.54) is 17.6 Å². The van der Waals surface area contributed by atoms with E-state index in [2.05, 4.69) is 15.3 Å². The second kappa shape index (κ2) is 5.36. The van der Waals surface area contributed by atoms with Gasteiger partial charge in [-0.05, 0) is 36.7 Å². The molecule has 1 saturated heterocycles. The van der Waals surface area contributed by atoms with Crippen LogP contribution in [0.25, 0.3) is 0 Å². The third-order valence-electron chi connectivity index (χ3n) is 3.50. The molecule has 1 aliphatic heterocycles. The molecule has 0 atom stereocenters. The van der Waals surface area contributed by atoms with Crippen molar-refractivity contribution in [3.05, 3.63) is 27.9 Å². The molecular weight excluding hydrogens is 262 g/mol. The molecule has 2 fully saturated rings. The molecule has 1 amide bonds. The van der Waals surface area contributed by atoms with E-state index in [9.17, 15) is 9.59 Å². The summed E-state index contributed by atoms with van der Waals surface area (Å²) in [7, 11) is 0. The molecular formula is C13H17N3O2S. The largest absolute Gasteiger partial charge is 0.351 e. The van der Waals surface area contributed by atoms with E-state index in [1.54, 1.807) is 0 Å². The van der Waals surface area contributed by atoms with Gasteiger partial charge in [-0.2, -0.15) is 11.8 Å². The van der Waals surface area contributed by atoms with Crippen LogP contribution >= 0.6 is 11.8 Å². The molecule has 3 rings (SSSR count). The predicted octanol–water partition coefficient (Wildman–Crippen LogP) is 1.13. The zero-order chi connectivity index (χ0) is 13.2. The van der Waals surface area contributed by atoms with E-state index in [4.69, 9.17) is 0 Å². The van der Waals surface area contributed by atoms with Crippen LogP contribution in [-0.4, -0.2) is 33.9 Å². The van der Waals surface area contributed by atoms with E-state index < -0.39 is 0 Å². The molecule has 0 unspecified atom stereocenters. The van der Waals surface area contributed by atoms with Crippen LogP contribution in [0.15, 0.2) is 10.9 Å². The monoisotopic (exact) mass is 279 g/mol. The molecule has 0 spiro atoms. The van der Waals surface area contributed by atoms with Gasteiger partial charge in [0.15, 0.2) is 0 Å². The van der Waals surface area contributed by atoms with Crippen LogP contribution in [0.5, 0.6) is 0 Å². The number of carbonyl (C=O) groups excluding carboxylic acids is 1. The highest BCUT2D eigenvalue weighted by Crippen LogP contribution is 2.37. The maximum atomic E-state index is 11.9. The summed E-state index contributed by atoms with van der Waals surface area (Å²) in [5.74, 6) is 3.90. The topological polar surface area (TPSA) is 74.8 Å². The zero-order valence-corrected chi connectivity index (χ0v) is 11.5. The van der Waals surface area contributed by atoms with E-state index in [1.807, 2.05) is 11.8 Å². The van der Waals surface area contributed by atoms with Gasteiger partial charge < -0.3 is 10.3 Å². The average molecular weight is 279 g/mol. The number of carbonyl (C=O) groups is 1. The number of nitrogens with zero attached hydrogens (tertiary/aromatic N) is 1. The summed E-state index contributed by atoms with van der Waals surface area (Å²) in [5.41, 5.74) is 0.00563. The van der Waals surface area contributed by atoms with Crippen LogP contribution in [0.4, 0.5) is 0 Å². The Balaban J connectivity index is 1.60. The maximum absolute atomic E-state index is 11.9. The van der Waals surface area contributed by atoms with Crippen LogP contribution < -0.4 is 10.9 Å². The van der Waals surface area contributed by atoms with Crippen molar-refractivity contribution in [2.75, 3.05) is 18.1 Å². The Morgan fingerprint density at radius 3 is 2.89 bits per heavy atom. The Morgan fingerprint density at radius 2 is 2.26 bits per heavy atom. The number of aromatic nitrogens is 2. The van der Waals surface area contributed by atoms with E-state index in [-0.39, 0.29) is 17.2 Å². The standard InChI is InChI=1S/C13H17N3O2S/c17-11-5-10(15-12(16-11)9-1-2-9)13(18)14-4-3-8-6-19-7-8/h5,8-9H,1-4,6-7H2,(H,14,18)(H,15,16,17). The van der Waals surface area contributed by atoms with Gasteiger partial charge in [-0.1, -0.05) is 0 Å². The number of nitrogens with one attached hydrogen (secondary N) is 2. The number of rotatable bonds is 5. The first-order valence-corrected chi connectivity index (χ1v) is 7.85. The Hall–Kier alpha value is -1.30. The van der Waals surface area contributed by atoms with Crippen LogP contribution in [0.2, 0.25) is 0 Å². The van der Waals surface area contributed by atoms with Gasteiger partial charge in [-0.15, -0.1) is 0 Å². The molecule has 102 valence electrons. The zero-order valence-electron chi connectivity index (χ0n) is 10.6. The van der Waals surface area contributed by atoms with Gasteiger partial charge in [-0.3, -0.25) is 9.59 Å². The second-order valence-electron chi connectivity index (χ2n) is 5.24. The molecule has 1 aromatic rings. The second-order valence-corrected chi connectivity index (χ2v) is 6.31. The number of aromatic amines is 1. The quantitative estimate of drug-likeness (QED) is 0.847. The minimum absolute atomic E-state index is 0.236. The van der Waals surface area contributed by atoms with Gasteiger partial charge in [0.25, 0.3) is 11.5 Å². The summed E-state index contributed by atoms with van der Waals surface area (Å²) >= 11 is 1.94. The molecule has 1 aromatic heterocycles. The van der Waals surface area contributed by atoms with E-state index in [0.717, 1.165) is 25.2 Å². The normalized spacial score (nSPS) is 18.9. The summed E-state index contributed by atoms with van der Waals surface area (Å²) < 4.78 is 0. The minimum atomic E-state index is -0.238. The SMILES string of the molecule is O=C(NCCC1CSC1)c1cc(=O)[nH]c(C2CC2)n1. The highest BCUT2D eigenvalue weighted by atomic mass is 32.2. The number of hydrogen-bond donors (Lipinski definition) is 2. The first kappa shape index (κ1) is 12.7. The first-order valence-electron chi connectivity index (χ1n) is 6.69. The van der Waals surface area contributed by atoms with Crippen LogP contribution in [-0.2, 0) is 0 Å². The van der Waals surface area contributed by atoms with Crippen molar-refractivity contribution < 1.29 is 4.79 Å². The van der Waals surface area contributed by atoms with Crippen molar-refractivity contribution in [1.29, 1.82) is 0 Å². The lowest BCUT2D eigenvalue weighted by atomic mass is 10.1. The molecule has 2 aliphatic rings. The molecule has 1 saturated carbocycles. The van der Waals surface area contributed by atoms with Crippen LogP contribution in [0.1, 0.15) is 41.5 Å². The summed E-state index contributed by atoms with van der Waals surface area (Å²) in [6, 6.07) is 1.28. The molecule has 0 aromatic carbocycles. The molecule has 5 nitrogen and oxygen atoms in total. The lowest BCUT2D eigenvalue weighted by Crippen LogP contribution is -2.30. The summed E-state index contributed by atoms with van der Waals surface area (Å²) in [6.45, 7) is 0.664. The van der Waals surface area contributed by atoms with Gasteiger partial charge in [0.2, 0.25) is 0 Å². The van der Waals surface area contributed by atoms with Crippen molar-refractivity contribution in [3.63, 3.8) is 0 Å². The molecule has 19 heavy (non-hydrogen) atoms. The molecule has 2 heterocycles. The fourth-order valence-corrected chi connectivity index (χ4v) is 2.98. The van der Waals surface area contributed by atoms with E-state index >= 15 is 0 Å². The van der Waals surface area contributed by atoms with Crippen molar-refractivity contribution in [1.82, 2.24) is 15.3 Å². The molecule has 0 bridgehead atoms. The Kier molecular flexibility index (Phi) is 3.59. The van der Waals surface area contributed by atoms with Gasteiger partial charge in [0.05, 0.1) is 0 Å². The lowest BCUT2D eigenvalue weighted by molar-refractivity contribution is 0.0946.